The molecule has 1 aliphatic carbocycles. The van der Waals surface area contributed by atoms with Gasteiger partial charge < -0.3 is 5.32 Å². The van der Waals surface area contributed by atoms with Crippen molar-refractivity contribution in [3.63, 3.8) is 0 Å². The summed E-state index contributed by atoms with van der Waals surface area (Å²) in [5.41, 5.74) is 0. The highest BCUT2D eigenvalue weighted by Gasteiger charge is 2.23. The average molecular weight is 401 g/mol. The number of nitrogens with one attached hydrogen (secondary N) is 2. The van der Waals surface area contributed by atoms with Crippen LogP contribution >= 0.6 is 46.8 Å². The van der Waals surface area contributed by atoms with Crippen LogP contribution in [0.25, 0.3) is 10.1 Å². The number of amides is 1. The lowest BCUT2D eigenvalue weighted by molar-refractivity contribution is 0.0980. The monoisotopic (exact) mass is 400 g/mol. The number of fused-ring (bicyclic) bond motifs is 1. The number of halogens is 2. The van der Waals surface area contributed by atoms with Gasteiger partial charge >= 0.3 is 0 Å². The summed E-state index contributed by atoms with van der Waals surface area (Å²) >= 11 is 19.0. The number of benzene rings is 1. The molecular formula is C17H18Cl2N2OS2. The summed E-state index contributed by atoms with van der Waals surface area (Å²) in [6.07, 6.45) is 4.73. The Morgan fingerprint density at radius 2 is 2.04 bits per heavy atom. The Bertz CT molecular complexity index is 790. The Kier molecular flexibility index (Phi) is 5.65. The molecule has 1 amide bonds. The SMILES string of the molecule is C[C@H]1CCCC[C@@H]1NC(=S)NC(=O)c1sc2cc(Cl)ccc2c1Cl. The lowest BCUT2D eigenvalue weighted by atomic mass is 9.86. The predicted molar refractivity (Wildman–Crippen MR) is 106 cm³/mol. The first-order chi connectivity index (χ1) is 11.5. The van der Waals surface area contributed by atoms with E-state index in [2.05, 4.69) is 17.6 Å². The van der Waals surface area contributed by atoms with Crippen LogP contribution in [-0.4, -0.2) is 17.1 Å². The van der Waals surface area contributed by atoms with Crippen molar-refractivity contribution in [2.75, 3.05) is 0 Å². The zero-order valence-corrected chi connectivity index (χ0v) is 16.3. The van der Waals surface area contributed by atoms with Crippen LogP contribution in [0.5, 0.6) is 0 Å². The maximum atomic E-state index is 12.5. The Balaban J connectivity index is 1.70. The molecule has 128 valence electrons. The molecule has 1 fully saturated rings. The van der Waals surface area contributed by atoms with E-state index >= 15 is 0 Å². The summed E-state index contributed by atoms with van der Waals surface area (Å²) in [5.74, 6) is 0.280. The van der Waals surface area contributed by atoms with E-state index in [0.717, 1.165) is 16.5 Å². The van der Waals surface area contributed by atoms with Gasteiger partial charge in [0.05, 0.1) is 5.02 Å². The molecule has 2 atom stereocenters. The molecule has 2 N–H and O–H groups in total. The quantitative estimate of drug-likeness (QED) is 0.663. The minimum atomic E-state index is -0.279. The summed E-state index contributed by atoms with van der Waals surface area (Å²) in [4.78, 5) is 13.0. The minimum absolute atomic E-state index is 0.279. The number of carbonyl (C=O) groups is 1. The number of hydrogen-bond acceptors (Lipinski definition) is 3. The Hall–Kier alpha value is -0.880. The topological polar surface area (TPSA) is 41.1 Å². The van der Waals surface area contributed by atoms with Crippen molar-refractivity contribution in [3.05, 3.63) is 33.1 Å². The minimum Gasteiger partial charge on any atom is -0.359 e. The molecule has 1 aromatic carbocycles. The molecule has 1 heterocycles. The molecule has 24 heavy (non-hydrogen) atoms. The zero-order chi connectivity index (χ0) is 17.3. The molecule has 0 saturated heterocycles. The molecule has 3 nitrogen and oxygen atoms in total. The van der Waals surface area contributed by atoms with E-state index < -0.39 is 0 Å². The second-order valence-corrected chi connectivity index (χ2v) is 8.46. The smallest absolute Gasteiger partial charge is 0.269 e. The molecule has 0 bridgehead atoms. The van der Waals surface area contributed by atoms with Gasteiger partial charge in [0.25, 0.3) is 5.91 Å². The number of hydrogen-bond donors (Lipinski definition) is 2. The van der Waals surface area contributed by atoms with Crippen molar-refractivity contribution in [2.24, 2.45) is 5.92 Å². The van der Waals surface area contributed by atoms with Gasteiger partial charge in [-0.05, 0) is 43.1 Å². The molecule has 0 spiro atoms. The van der Waals surface area contributed by atoms with Gasteiger partial charge in [0.2, 0.25) is 0 Å². The first-order valence-electron chi connectivity index (χ1n) is 7.95. The van der Waals surface area contributed by atoms with Crippen molar-refractivity contribution >= 4 is 67.9 Å². The first kappa shape index (κ1) is 17.9. The fourth-order valence-corrected chi connectivity index (χ4v) is 5.01. The van der Waals surface area contributed by atoms with Crippen LogP contribution in [-0.2, 0) is 0 Å². The second-order valence-electron chi connectivity index (χ2n) is 6.18. The van der Waals surface area contributed by atoms with Crippen LogP contribution in [0.15, 0.2) is 18.2 Å². The third kappa shape index (κ3) is 3.85. The van der Waals surface area contributed by atoms with Gasteiger partial charge in [0.15, 0.2) is 5.11 Å². The third-order valence-electron chi connectivity index (χ3n) is 4.45. The molecule has 3 rings (SSSR count). The highest BCUT2D eigenvalue weighted by molar-refractivity contribution is 7.80. The van der Waals surface area contributed by atoms with Crippen molar-refractivity contribution in [3.8, 4) is 0 Å². The summed E-state index contributed by atoms with van der Waals surface area (Å²) < 4.78 is 0.887. The Morgan fingerprint density at radius 1 is 1.29 bits per heavy atom. The van der Waals surface area contributed by atoms with Crippen LogP contribution in [0.1, 0.15) is 42.3 Å². The normalized spacial score (nSPS) is 20.8. The van der Waals surface area contributed by atoms with Crippen molar-refractivity contribution in [1.29, 1.82) is 0 Å². The van der Waals surface area contributed by atoms with E-state index in [0.29, 0.717) is 32.0 Å². The van der Waals surface area contributed by atoms with Gasteiger partial charge in [-0.25, -0.2) is 0 Å². The van der Waals surface area contributed by atoms with Gasteiger partial charge in [0, 0.05) is 21.2 Å². The van der Waals surface area contributed by atoms with Gasteiger partial charge in [-0.3, -0.25) is 10.1 Å². The van der Waals surface area contributed by atoms with Gasteiger partial charge in [-0.1, -0.05) is 49.0 Å². The summed E-state index contributed by atoms with van der Waals surface area (Å²) in [5, 5.41) is 8.29. The maximum absolute atomic E-state index is 12.5. The van der Waals surface area contributed by atoms with Crippen LogP contribution < -0.4 is 10.6 Å². The molecule has 1 aromatic heterocycles. The lowest BCUT2D eigenvalue weighted by Crippen LogP contribution is -2.47. The summed E-state index contributed by atoms with van der Waals surface area (Å²) in [6.45, 7) is 2.22. The van der Waals surface area contributed by atoms with Crippen LogP contribution in [0, 0.1) is 5.92 Å². The zero-order valence-electron chi connectivity index (χ0n) is 13.2. The largest absolute Gasteiger partial charge is 0.359 e. The molecular weight excluding hydrogens is 383 g/mol. The van der Waals surface area contributed by atoms with E-state index in [4.69, 9.17) is 35.4 Å². The molecule has 2 aromatic rings. The average Bonchev–Trinajstić information content (AvgIpc) is 2.86. The molecule has 0 unspecified atom stereocenters. The summed E-state index contributed by atoms with van der Waals surface area (Å²) in [6, 6.07) is 5.72. The van der Waals surface area contributed by atoms with Crippen LogP contribution in [0.3, 0.4) is 0 Å². The third-order valence-corrected chi connectivity index (χ3v) is 6.56. The first-order valence-corrected chi connectivity index (χ1v) is 9.93. The van der Waals surface area contributed by atoms with Gasteiger partial charge in [-0.15, -0.1) is 11.3 Å². The van der Waals surface area contributed by atoms with Gasteiger partial charge in [-0.2, -0.15) is 0 Å². The fourth-order valence-electron chi connectivity index (χ4n) is 3.08. The summed E-state index contributed by atoms with van der Waals surface area (Å²) in [7, 11) is 0. The molecule has 7 heteroatoms. The van der Waals surface area contributed by atoms with E-state index in [9.17, 15) is 4.79 Å². The van der Waals surface area contributed by atoms with Crippen molar-refractivity contribution < 1.29 is 4.79 Å². The van der Waals surface area contributed by atoms with E-state index in [1.807, 2.05) is 12.1 Å². The second kappa shape index (κ2) is 7.56. The number of rotatable bonds is 2. The predicted octanol–water partition coefficient (Wildman–Crippen LogP) is 5.39. The lowest BCUT2D eigenvalue weighted by Gasteiger charge is -2.30. The van der Waals surface area contributed by atoms with E-state index in [1.54, 1.807) is 6.07 Å². The highest BCUT2D eigenvalue weighted by Crippen LogP contribution is 2.36. The van der Waals surface area contributed by atoms with Crippen LogP contribution in [0.2, 0.25) is 10.0 Å². The molecule has 1 aliphatic rings. The molecule has 0 aliphatic heterocycles. The number of thiophene rings is 1. The maximum Gasteiger partial charge on any atom is 0.269 e. The highest BCUT2D eigenvalue weighted by atomic mass is 35.5. The molecule has 1 saturated carbocycles. The van der Waals surface area contributed by atoms with Crippen molar-refractivity contribution in [2.45, 2.75) is 38.6 Å². The standard InChI is InChI=1S/C17H18Cl2N2OS2/c1-9-4-2-3-5-12(9)20-17(23)21-16(22)15-14(19)11-7-6-10(18)8-13(11)24-15/h6-9,12H,2-5H2,1H3,(H2,20,21,22,23)/t9-,12-/m0/s1. The van der Waals surface area contributed by atoms with Crippen LogP contribution in [0.4, 0.5) is 0 Å². The van der Waals surface area contributed by atoms with E-state index in [-0.39, 0.29) is 5.91 Å². The Morgan fingerprint density at radius 3 is 2.79 bits per heavy atom. The Labute approximate surface area is 160 Å². The number of thiocarbonyl (C=S) groups is 1. The van der Waals surface area contributed by atoms with Gasteiger partial charge in [0.1, 0.15) is 4.88 Å². The van der Waals surface area contributed by atoms with E-state index in [1.165, 1.54) is 30.6 Å². The molecule has 0 radical (unpaired) electrons. The fraction of sp³-hybridized carbons (Fsp3) is 0.412. The number of carbonyl (C=O) groups excluding carboxylic acids is 1. The van der Waals surface area contributed by atoms with Crippen molar-refractivity contribution in [1.82, 2.24) is 10.6 Å².